The summed E-state index contributed by atoms with van der Waals surface area (Å²) in [6, 6.07) is 13.9. The Hall–Kier alpha value is -6.21. The summed E-state index contributed by atoms with van der Waals surface area (Å²) in [5, 5.41) is 42.4. The molecule has 0 bridgehead atoms. The number of nitrogens with one attached hydrogen (secondary N) is 8. The number of H-pyrrole nitrogens is 4. The van der Waals surface area contributed by atoms with E-state index in [1.54, 1.807) is 24.3 Å². The smallest absolute Gasteiger partial charge is 0.411 e. The van der Waals surface area contributed by atoms with Gasteiger partial charge in [0.1, 0.15) is 0 Å². The summed E-state index contributed by atoms with van der Waals surface area (Å²) in [4.78, 5) is 43.5. The molecule has 2 aromatic heterocycles. The van der Waals surface area contributed by atoms with Crippen LogP contribution in [0.1, 0.15) is 11.4 Å². The van der Waals surface area contributed by atoms with Crippen LogP contribution >= 0.6 is 0 Å². The first-order chi connectivity index (χ1) is 20.1. The third-order valence-corrected chi connectivity index (χ3v) is 4.64. The molecule has 2 aromatic carbocycles. The Balaban J connectivity index is -0.000000152. The number of non-ortho nitro benzene ring substituents is 2. The molecule has 0 aliphatic carbocycles. The van der Waals surface area contributed by atoms with E-state index in [0.29, 0.717) is 23.0 Å². The van der Waals surface area contributed by atoms with E-state index in [0.717, 1.165) is 11.4 Å². The van der Waals surface area contributed by atoms with Crippen LogP contribution in [-0.2, 0) is 10.4 Å². The minimum atomic E-state index is -5.17. The van der Waals surface area contributed by atoms with E-state index < -0.39 is 32.3 Å². The van der Waals surface area contributed by atoms with Gasteiger partial charge in [0, 0.05) is 34.7 Å². The summed E-state index contributed by atoms with van der Waals surface area (Å²) < 4.78 is 34.1. The largest absolute Gasteiger partial charge is 0.759 e. The number of hydrogen-bond donors (Lipinski definition) is 6. The van der Waals surface area contributed by atoms with Gasteiger partial charge >= 0.3 is 23.7 Å². The molecule has 4 aromatic rings. The van der Waals surface area contributed by atoms with Crippen LogP contribution in [0.15, 0.2) is 60.7 Å². The second-order valence-corrected chi connectivity index (χ2v) is 8.98. The number of carbonyl (C=O) groups is 2. The Kier molecular flexibility index (Phi) is 29.0. The standard InChI is InChI=1S/2C11H11N5O3.H2O4S.7H2O/c2*1-7-5-10(15-14-7)13-11(17)12-8-3-2-4-9(6-8)16(18)19;1-5(2,3)4;;;;;;;/h2*2-6H,1H3,(H3,12,13,14,15,17);(H2,1,2,3,4);7*1H2. The number of nitro groups is 2. The summed E-state index contributed by atoms with van der Waals surface area (Å²) in [6.07, 6.45) is 0. The normalized spacial score (nSPS) is 8.72. The number of amides is 4. The highest BCUT2D eigenvalue weighted by molar-refractivity contribution is 7.79. The maximum absolute atomic E-state index is 11.6. The number of nitrogens with zero attached hydrogens (tertiary/aromatic N) is 2. The van der Waals surface area contributed by atoms with Crippen LogP contribution in [-0.4, -0.2) is 88.0 Å². The monoisotopic (exact) mass is 746 g/mol. The summed E-state index contributed by atoms with van der Waals surface area (Å²) in [5.41, 5.74) is 2.26. The zero-order valence-electron chi connectivity index (χ0n) is 25.7. The van der Waals surface area contributed by atoms with E-state index in [4.69, 9.17) is 17.5 Å². The maximum atomic E-state index is 11.6. The van der Waals surface area contributed by atoms with Crippen LogP contribution in [0.3, 0.4) is 0 Å². The molecule has 0 unspecified atom stereocenters. The number of carbonyl (C=O) groups excluding carboxylic acids is 2. The summed E-state index contributed by atoms with van der Waals surface area (Å²) in [7, 11) is -5.17. The van der Waals surface area contributed by atoms with Gasteiger partial charge in [0.2, 0.25) is 0 Å². The lowest BCUT2D eigenvalue weighted by atomic mass is 10.3. The Bertz CT molecular complexity index is 1600. The Morgan fingerprint density at radius 2 is 0.920 bits per heavy atom. The van der Waals surface area contributed by atoms with E-state index in [2.05, 4.69) is 41.7 Å². The van der Waals surface area contributed by atoms with E-state index >= 15 is 0 Å². The molecule has 28 heteroatoms. The molecule has 0 spiro atoms. The highest BCUT2D eigenvalue weighted by Crippen LogP contribution is 2.18. The molecule has 0 aliphatic heterocycles. The molecule has 4 rings (SSSR count). The predicted octanol–water partition coefficient (Wildman–Crippen LogP) is -3.73. The van der Waals surface area contributed by atoms with E-state index in [1.165, 1.54) is 36.4 Å². The van der Waals surface area contributed by atoms with Gasteiger partial charge in [-0.2, -0.15) is 20.8 Å². The molecule has 4 amide bonds. The number of aromatic nitrogens is 4. The first-order valence-electron chi connectivity index (χ1n) is 11.5. The molecule has 50 heavy (non-hydrogen) atoms. The Labute approximate surface area is 280 Å². The molecule has 0 fully saturated rings. The van der Waals surface area contributed by atoms with Crippen molar-refractivity contribution in [1.82, 2.24) is 10.2 Å². The molecule has 0 radical (unpaired) electrons. The van der Waals surface area contributed by atoms with Crippen molar-refractivity contribution in [1.29, 1.82) is 0 Å². The molecule has 0 saturated heterocycles. The molecule has 22 N–H and O–H groups in total. The summed E-state index contributed by atoms with van der Waals surface area (Å²) >= 11 is 0. The van der Waals surface area contributed by atoms with Crippen LogP contribution in [0.5, 0.6) is 0 Å². The van der Waals surface area contributed by atoms with Crippen LogP contribution in [0, 0.1) is 34.1 Å². The molecule has 27 nitrogen and oxygen atoms in total. The summed E-state index contributed by atoms with van der Waals surface area (Å²) in [5.74, 6) is 1.00. The van der Waals surface area contributed by atoms with Crippen molar-refractivity contribution >= 4 is 56.8 Å². The van der Waals surface area contributed by atoms with Gasteiger partial charge in [-0.25, -0.2) is 19.8 Å². The Morgan fingerprint density at radius 3 is 1.16 bits per heavy atom. The SMILES string of the molecule is Cc1cc(NC(=O)Nc2cccc([N+](=O)[O-])c2)[nH+][nH]1.Cc1cc(NC(=O)Nc2cccc([N+](=O)[O-])c2)[nH+][nH]1.O.O.O.O.O.O.O.O=S(=O)([O-])[O-]. The van der Waals surface area contributed by atoms with Crippen molar-refractivity contribution in [3.63, 3.8) is 0 Å². The van der Waals surface area contributed by atoms with Crippen molar-refractivity contribution in [2.45, 2.75) is 13.8 Å². The third kappa shape index (κ3) is 22.3. The fourth-order valence-electron chi connectivity index (χ4n) is 3.01. The van der Waals surface area contributed by atoms with Gasteiger partial charge in [-0.15, -0.1) is 0 Å². The first-order valence-corrected chi connectivity index (χ1v) is 12.9. The highest BCUT2D eigenvalue weighted by atomic mass is 32.3. The zero-order chi connectivity index (χ0) is 32.2. The second kappa shape index (κ2) is 25.8. The maximum Gasteiger partial charge on any atom is 0.411 e. The fraction of sp³-hybridized carbons (Fsp3) is 0.0909. The van der Waals surface area contributed by atoms with E-state index in [-0.39, 0.29) is 49.7 Å². The predicted molar refractivity (Wildman–Crippen MR) is 171 cm³/mol. The van der Waals surface area contributed by atoms with Gasteiger partial charge in [-0.05, 0) is 26.0 Å². The van der Waals surface area contributed by atoms with Crippen LogP contribution in [0.2, 0.25) is 0 Å². The minimum Gasteiger partial charge on any atom is -0.759 e. The molecule has 284 valence electrons. The molecule has 0 saturated carbocycles. The van der Waals surface area contributed by atoms with Crippen LogP contribution < -0.4 is 31.5 Å². The lowest BCUT2D eigenvalue weighted by Gasteiger charge is -2.06. The van der Waals surface area contributed by atoms with Crippen molar-refractivity contribution < 1.29 is 85.5 Å². The lowest BCUT2D eigenvalue weighted by molar-refractivity contribution is -0.434. The van der Waals surface area contributed by atoms with Gasteiger partial charge in [-0.3, -0.25) is 39.3 Å². The first kappa shape index (κ1) is 56.1. The number of anilines is 4. The van der Waals surface area contributed by atoms with Crippen LogP contribution in [0.4, 0.5) is 44.0 Å². The zero-order valence-corrected chi connectivity index (χ0v) is 26.5. The fourth-order valence-corrected chi connectivity index (χ4v) is 3.01. The number of benzene rings is 2. The number of aromatic amines is 4. The molecular weight excluding hydrogens is 708 g/mol. The number of nitro benzene ring substituents is 2. The van der Waals surface area contributed by atoms with E-state index in [1.807, 2.05) is 13.8 Å². The third-order valence-electron chi connectivity index (χ3n) is 4.64. The second-order valence-electron chi connectivity index (χ2n) is 8.16. The number of rotatable bonds is 6. The number of hydrogen-bond acceptors (Lipinski definition) is 10. The van der Waals surface area contributed by atoms with Gasteiger partial charge in [0.15, 0.2) is 0 Å². The highest BCUT2D eigenvalue weighted by Gasteiger charge is 2.14. The lowest BCUT2D eigenvalue weighted by Crippen LogP contribution is -2.23. The average Bonchev–Trinajstić information content (AvgIpc) is 3.50. The van der Waals surface area contributed by atoms with Gasteiger partial charge < -0.3 is 47.4 Å². The molecule has 0 aliphatic rings. The van der Waals surface area contributed by atoms with Crippen molar-refractivity contribution in [3.05, 3.63) is 92.3 Å². The molecule has 2 heterocycles. The number of urea groups is 2. The van der Waals surface area contributed by atoms with Gasteiger partial charge in [0.05, 0.1) is 44.7 Å². The average molecular weight is 747 g/mol. The summed E-state index contributed by atoms with van der Waals surface area (Å²) in [6.45, 7) is 3.67. The van der Waals surface area contributed by atoms with Crippen molar-refractivity contribution in [3.8, 4) is 0 Å². The van der Waals surface area contributed by atoms with Gasteiger partial charge in [-0.1, -0.05) is 12.1 Å². The minimum absolute atomic E-state index is 0. The number of aryl methyl sites for hydroxylation is 2. The van der Waals surface area contributed by atoms with Crippen molar-refractivity contribution in [2.75, 3.05) is 21.3 Å². The quantitative estimate of drug-likeness (QED) is 0.0485. The topological polar surface area (TPSA) is 529 Å². The van der Waals surface area contributed by atoms with E-state index in [9.17, 15) is 29.8 Å². The Morgan fingerprint density at radius 1 is 0.620 bits per heavy atom. The van der Waals surface area contributed by atoms with Gasteiger partial charge in [0.25, 0.3) is 11.4 Å². The van der Waals surface area contributed by atoms with Crippen LogP contribution in [0.25, 0.3) is 0 Å². The van der Waals surface area contributed by atoms with Crippen molar-refractivity contribution in [2.24, 2.45) is 0 Å². The molecular formula is C22H38N10O17S. The molecule has 0 atom stereocenters.